The van der Waals surface area contributed by atoms with Crippen LogP contribution in [0.5, 0.6) is 5.75 Å². The molecule has 152 valence electrons. The molecule has 0 bridgehead atoms. The fourth-order valence-electron chi connectivity index (χ4n) is 3.36. The van der Waals surface area contributed by atoms with Crippen LogP contribution in [0.3, 0.4) is 0 Å². The first-order valence-electron chi connectivity index (χ1n) is 8.98. The molecule has 0 amide bonds. The van der Waals surface area contributed by atoms with Crippen LogP contribution in [0.4, 0.5) is 5.69 Å². The van der Waals surface area contributed by atoms with Gasteiger partial charge < -0.3 is 23.8 Å². The van der Waals surface area contributed by atoms with E-state index in [1.807, 2.05) is 42.5 Å². The van der Waals surface area contributed by atoms with Crippen molar-refractivity contribution in [2.45, 2.75) is 11.6 Å². The maximum atomic E-state index is 12.8. The number of methoxy groups -OCH3 is 3. The van der Waals surface area contributed by atoms with Gasteiger partial charge in [-0.2, -0.15) is 0 Å². The van der Waals surface area contributed by atoms with E-state index in [0.717, 1.165) is 11.3 Å². The standard InChI is InChI=1S/C22H23NO6/c1-23(16-10-12-17(26-2)13-11-16)19-14-18(15-8-6-5-7-9-15)29-22(19,20(24)27-3)21(25)28-4/h5-14,19H,1-4H3. The molecular formula is C22H23NO6. The van der Waals surface area contributed by atoms with Gasteiger partial charge in [0.2, 0.25) is 0 Å². The van der Waals surface area contributed by atoms with Gasteiger partial charge in [-0.3, -0.25) is 0 Å². The largest absolute Gasteiger partial charge is 0.497 e. The lowest BCUT2D eigenvalue weighted by Gasteiger charge is -2.35. The Hall–Kier alpha value is -3.48. The highest BCUT2D eigenvalue weighted by Gasteiger charge is 2.62. The number of ether oxygens (including phenoxy) is 4. The van der Waals surface area contributed by atoms with Gasteiger partial charge in [0.15, 0.2) is 0 Å². The maximum absolute atomic E-state index is 12.8. The number of benzene rings is 2. The van der Waals surface area contributed by atoms with E-state index in [2.05, 4.69) is 0 Å². The fraction of sp³-hybridized carbons (Fsp3) is 0.273. The lowest BCUT2D eigenvalue weighted by Crippen LogP contribution is -2.60. The summed E-state index contributed by atoms with van der Waals surface area (Å²) in [6.07, 6.45) is 1.73. The van der Waals surface area contributed by atoms with Gasteiger partial charge in [-0.1, -0.05) is 30.3 Å². The van der Waals surface area contributed by atoms with Crippen molar-refractivity contribution in [2.24, 2.45) is 0 Å². The summed E-state index contributed by atoms with van der Waals surface area (Å²) in [5.74, 6) is -0.585. The molecule has 0 fully saturated rings. The van der Waals surface area contributed by atoms with Crippen molar-refractivity contribution in [3.63, 3.8) is 0 Å². The van der Waals surface area contributed by atoms with Crippen molar-refractivity contribution < 1.29 is 28.5 Å². The smallest absolute Gasteiger partial charge is 0.364 e. The molecule has 29 heavy (non-hydrogen) atoms. The zero-order valence-electron chi connectivity index (χ0n) is 16.7. The highest BCUT2D eigenvalue weighted by molar-refractivity contribution is 6.07. The van der Waals surface area contributed by atoms with Gasteiger partial charge in [-0.25, -0.2) is 9.59 Å². The van der Waals surface area contributed by atoms with E-state index in [9.17, 15) is 9.59 Å². The Morgan fingerprint density at radius 1 is 0.931 bits per heavy atom. The number of anilines is 1. The van der Waals surface area contributed by atoms with Crippen molar-refractivity contribution >= 4 is 23.4 Å². The molecule has 1 atom stereocenters. The molecule has 1 unspecified atom stereocenters. The summed E-state index contributed by atoms with van der Waals surface area (Å²) in [6.45, 7) is 0. The number of carbonyl (C=O) groups is 2. The Morgan fingerprint density at radius 3 is 2.03 bits per heavy atom. The Morgan fingerprint density at radius 2 is 1.52 bits per heavy atom. The first-order valence-corrected chi connectivity index (χ1v) is 8.98. The summed E-state index contributed by atoms with van der Waals surface area (Å²) in [4.78, 5) is 27.4. The number of hydrogen-bond acceptors (Lipinski definition) is 7. The molecule has 0 radical (unpaired) electrons. The summed E-state index contributed by atoms with van der Waals surface area (Å²) in [6, 6.07) is 15.7. The first-order chi connectivity index (χ1) is 14.0. The van der Waals surface area contributed by atoms with Gasteiger partial charge >= 0.3 is 17.5 Å². The molecule has 3 rings (SSSR count). The van der Waals surface area contributed by atoms with Gasteiger partial charge in [-0.05, 0) is 30.3 Å². The van der Waals surface area contributed by atoms with E-state index in [-0.39, 0.29) is 0 Å². The third-order valence-electron chi connectivity index (χ3n) is 4.93. The SMILES string of the molecule is COC(=O)C1(C(=O)OC)OC(c2ccccc2)=CC1N(C)c1ccc(OC)cc1. The minimum atomic E-state index is -2.00. The molecule has 1 aliphatic rings. The van der Waals surface area contributed by atoms with Crippen LogP contribution in [0, 0.1) is 0 Å². The lowest BCUT2D eigenvalue weighted by atomic mass is 9.93. The van der Waals surface area contributed by atoms with E-state index >= 15 is 0 Å². The fourth-order valence-corrected chi connectivity index (χ4v) is 3.36. The summed E-state index contributed by atoms with van der Waals surface area (Å²) in [7, 11) is 5.77. The zero-order chi connectivity index (χ0) is 21.0. The molecule has 2 aromatic rings. The van der Waals surface area contributed by atoms with E-state index in [1.54, 1.807) is 37.3 Å². The van der Waals surface area contributed by atoms with Crippen LogP contribution >= 0.6 is 0 Å². The topological polar surface area (TPSA) is 74.3 Å². The highest BCUT2D eigenvalue weighted by atomic mass is 16.6. The summed E-state index contributed by atoms with van der Waals surface area (Å²) in [5.41, 5.74) is -0.513. The predicted molar refractivity (Wildman–Crippen MR) is 107 cm³/mol. The predicted octanol–water partition coefficient (Wildman–Crippen LogP) is 2.66. The zero-order valence-corrected chi connectivity index (χ0v) is 16.7. The van der Waals surface area contributed by atoms with Crippen LogP contribution in [0.15, 0.2) is 60.7 Å². The monoisotopic (exact) mass is 397 g/mol. The number of esters is 2. The number of nitrogens with zero attached hydrogens (tertiary/aromatic N) is 1. The van der Waals surface area contributed by atoms with Gasteiger partial charge in [0.25, 0.3) is 0 Å². The minimum Gasteiger partial charge on any atom is -0.497 e. The Labute approximate surface area is 169 Å². The van der Waals surface area contributed by atoms with E-state index in [4.69, 9.17) is 18.9 Å². The van der Waals surface area contributed by atoms with Crippen molar-refractivity contribution in [3.05, 3.63) is 66.2 Å². The summed E-state index contributed by atoms with van der Waals surface area (Å²) >= 11 is 0. The molecule has 7 nitrogen and oxygen atoms in total. The average Bonchev–Trinajstić information content (AvgIpc) is 3.20. The number of carbonyl (C=O) groups excluding carboxylic acids is 2. The molecular weight excluding hydrogens is 374 g/mol. The number of hydrogen-bond donors (Lipinski definition) is 0. The van der Waals surface area contributed by atoms with E-state index in [0.29, 0.717) is 11.5 Å². The van der Waals surface area contributed by atoms with Gasteiger partial charge in [0.1, 0.15) is 17.6 Å². The summed E-state index contributed by atoms with van der Waals surface area (Å²) in [5, 5.41) is 0. The van der Waals surface area contributed by atoms with Gasteiger partial charge in [-0.15, -0.1) is 0 Å². The molecule has 0 saturated heterocycles. The second-order valence-electron chi connectivity index (χ2n) is 6.47. The van der Waals surface area contributed by atoms with Crippen molar-refractivity contribution in [3.8, 4) is 5.75 Å². The second kappa shape index (κ2) is 8.26. The van der Waals surface area contributed by atoms with Gasteiger partial charge in [0.05, 0.1) is 21.3 Å². The van der Waals surface area contributed by atoms with Crippen LogP contribution in [0.1, 0.15) is 5.56 Å². The van der Waals surface area contributed by atoms with Crippen molar-refractivity contribution in [2.75, 3.05) is 33.3 Å². The van der Waals surface area contributed by atoms with Crippen LogP contribution in [0.25, 0.3) is 5.76 Å². The van der Waals surface area contributed by atoms with Gasteiger partial charge in [0, 0.05) is 18.3 Å². The average molecular weight is 397 g/mol. The molecule has 0 aromatic heterocycles. The molecule has 2 aromatic carbocycles. The molecule has 0 N–H and O–H groups in total. The van der Waals surface area contributed by atoms with Crippen LogP contribution in [-0.4, -0.2) is 52.0 Å². The molecule has 7 heteroatoms. The second-order valence-corrected chi connectivity index (χ2v) is 6.47. The summed E-state index contributed by atoms with van der Waals surface area (Å²) < 4.78 is 21.1. The Bertz CT molecular complexity index is 891. The first kappa shape index (κ1) is 20.3. The van der Waals surface area contributed by atoms with Crippen molar-refractivity contribution in [1.29, 1.82) is 0 Å². The Kier molecular flexibility index (Phi) is 5.77. The van der Waals surface area contributed by atoms with Crippen LogP contribution < -0.4 is 9.64 Å². The normalized spacial score (nSPS) is 17.0. The third kappa shape index (κ3) is 3.51. The highest BCUT2D eigenvalue weighted by Crippen LogP contribution is 2.40. The number of rotatable bonds is 6. The Balaban J connectivity index is 2.10. The lowest BCUT2D eigenvalue weighted by molar-refractivity contribution is -0.178. The van der Waals surface area contributed by atoms with Crippen LogP contribution in [-0.2, 0) is 23.8 Å². The number of likely N-dealkylation sites (N-methyl/N-ethyl adjacent to an activating group) is 1. The maximum Gasteiger partial charge on any atom is 0.364 e. The molecule has 0 aliphatic carbocycles. The molecule has 0 spiro atoms. The molecule has 1 aliphatic heterocycles. The van der Waals surface area contributed by atoms with E-state index < -0.39 is 23.6 Å². The molecule has 1 heterocycles. The van der Waals surface area contributed by atoms with Crippen molar-refractivity contribution in [1.82, 2.24) is 0 Å². The minimum absolute atomic E-state index is 0.395. The van der Waals surface area contributed by atoms with E-state index in [1.165, 1.54) is 14.2 Å². The quantitative estimate of drug-likeness (QED) is 0.548. The molecule has 0 saturated carbocycles. The van der Waals surface area contributed by atoms with Crippen LogP contribution in [0.2, 0.25) is 0 Å². The third-order valence-corrected chi connectivity index (χ3v) is 4.93.